The molecule has 176 valence electrons. The SMILES string of the molecule is COc1ccc(CN(C(=O)OC(C)(C)C)c2ncc(-c3cccc(C(F)(F)F)c3F)s2)cc1. The summed E-state index contributed by atoms with van der Waals surface area (Å²) < 4.78 is 64.5. The van der Waals surface area contributed by atoms with Crippen molar-refractivity contribution >= 4 is 22.6 Å². The van der Waals surface area contributed by atoms with E-state index in [1.54, 1.807) is 45.0 Å². The Kier molecular flexibility index (Phi) is 6.97. The topological polar surface area (TPSA) is 51.7 Å². The number of aromatic nitrogens is 1. The van der Waals surface area contributed by atoms with Gasteiger partial charge in [-0.15, -0.1) is 0 Å². The van der Waals surface area contributed by atoms with E-state index < -0.39 is 29.3 Å². The fraction of sp³-hybridized carbons (Fsp3) is 0.304. The normalized spacial score (nSPS) is 11.9. The summed E-state index contributed by atoms with van der Waals surface area (Å²) in [6, 6.07) is 10.0. The van der Waals surface area contributed by atoms with Crippen molar-refractivity contribution in [3.05, 3.63) is 65.6 Å². The molecule has 1 aromatic heterocycles. The van der Waals surface area contributed by atoms with Crippen molar-refractivity contribution in [3.63, 3.8) is 0 Å². The molecule has 0 aliphatic heterocycles. The Morgan fingerprint density at radius 3 is 2.33 bits per heavy atom. The maximum Gasteiger partial charge on any atom is 0.419 e. The second-order valence-corrected chi connectivity index (χ2v) is 9.10. The number of amides is 1. The Balaban J connectivity index is 1.97. The van der Waals surface area contributed by atoms with Crippen molar-refractivity contribution in [1.82, 2.24) is 4.98 Å². The number of benzene rings is 2. The van der Waals surface area contributed by atoms with Gasteiger partial charge in [-0.25, -0.2) is 19.1 Å². The summed E-state index contributed by atoms with van der Waals surface area (Å²) in [5.41, 5.74) is -1.66. The van der Waals surface area contributed by atoms with Gasteiger partial charge >= 0.3 is 12.3 Å². The van der Waals surface area contributed by atoms with Crippen LogP contribution in [-0.4, -0.2) is 23.8 Å². The molecular formula is C23H22F4N2O3S. The summed E-state index contributed by atoms with van der Waals surface area (Å²) in [5, 5.41) is 0.159. The molecule has 0 aliphatic carbocycles. The highest BCUT2D eigenvalue weighted by atomic mass is 32.1. The lowest BCUT2D eigenvalue weighted by atomic mass is 10.1. The molecule has 0 unspecified atom stereocenters. The first-order valence-electron chi connectivity index (χ1n) is 9.84. The van der Waals surface area contributed by atoms with Gasteiger partial charge in [0.15, 0.2) is 5.13 Å². The Morgan fingerprint density at radius 1 is 1.09 bits per heavy atom. The van der Waals surface area contributed by atoms with Crippen LogP contribution < -0.4 is 9.64 Å². The molecule has 0 N–H and O–H groups in total. The predicted molar refractivity (Wildman–Crippen MR) is 118 cm³/mol. The first-order chi connectivity index (χ1) is 15.4. The Hall–Kier alpha value is -3.14. The molecule has 0 aliphatic rings. The molecule has 3 aromatic rings. The van der Waals surface area contributed by atoms with Crippen molar-refractivity contribution in [3.8, 4) is 16.2 Å². The number of alkyl halides is 3. The second-order valence-electron chi connectivity index (χ2n) is 8.09. The number of hydrogen-bond donors (Lipinski definition) is 0. The van der Waals surface area contributed by atoms with Crippen molar-refractivity contribution in [2.75, 3.05) is 12.0 Å². The van der Waals surface area contributed by atoms with E-state index in [1.165, 1.54) is 24.3 Å². The number of carbonyl (C=O) groups is 1. The number of thiazole rings is 1. The first kappa shape index (κ1) is 24.5. The molecule has 0 spiro atoms. The summed E-state index contributed by atoms with van der Waals surface area (Å²) in [4.78, 5) is 18.5. The third-order valence-corrected chi connectivity index (χ3v) is 5.46. The lowest BCUT2D eigenvalue weighted by Gasteiger charge is -2.26. The number of methoxy groups -OCH3 is 1. The molecule has 0 saturated carbocycles. The Labute approximate surface area is 192 Å². The minimum atomic E-state index is -4.83. The van der Waals surface area contributed by atoms with Crippen molar-refractivity contribution < 1.29 is 31.8 Å². The lowest BCUT2D eigenvalue weighted by molar-refractivity contribution is -0.139. The quantitative estimate of drug-likeness (QED) is 0.371. The fourth-order valence-electron chi connectivity index (χ4n) is 2.90. The van der Waals surface area contributed by atoms with Crippen LogP contribution in [0.2, 0.25) is 0 Å². The van der Waals surface area contributed by atoms with Crippen molar-refractivity contribution in [1.29, 1.82) is 0 Å². The number of anilines is 1. The highest BCUT2D eigenvalue weighted by Crippen LogP contribution is 2.39. The average Bonchev–Trinajstić information content (AvgIpc) is 3.20. The van der Waals surface area contributed by atoms with Gasteiger partial charge in [0.25, 0.3) is 0 Å². The summed E-state index contributed by atoms with van der Waals surface area (Å²) in [6.07, 6.45) is -4.28. The van der Waals surface area contributed by atoms with Crippen LogP contribution in [0.1, 0.15) is 31.9 Å². The average molecular weight is 482 g/mol. The second kappa shape index (κ2) is 9.38. The summed E-state index contributed by atoms with van der Waals surface area (Å²) >= 11 is 0.891. The maximum absolute atomic E-state index is 14.6. The van der Waals surface area contributed by atoms with Gasteiger partial charge in [-0.05, 0) is 44.5 Å². The van der Waals surface area contributed by atoms with Gasteiger partial charge < -0.3 is 9.47 Å². The van der Waals surface area contributed by atoms with Gasteiger partial charge in [-0.3, -0.25) is 0 Å². The third kappa shape index (κ3) is 6.01. The molecule has 1 amide bonds. The summed E-state index contributed by atoms with van der Waals surface area (Å²) in [5.74, 6) is -0.752. The minimum Gasteiger partial charge on any atom is -0.497 e. The van der Waals surface area contributed by atoms with E-state index in [2.05, 4.69) is 4.98 Å². The molecule has 5 nitrogen and oxygen atoms in total. The lowest BCUT2D eigenvalue weighted by Crippen LogP contribution is -2.36. The van der Waals surface area contributed by atoms with Crippen LogP contribution in [0.4, 0.5) is 27.5 Å². The Morgan fingerprint density at radius 2 is 1.76 bits per heavy atom. The summed E-state index contributed by atoms with van der Waals surface area (Å²) in [6.45, 7) is 5.21. The number of halogens is 4. The molecule has 1 heterocycles. The monoisotopic (exact) mass is 482 g/mol. The third-order valence-electron chi connectivity index (χ3n) is 4.41. The van der Waals surface area contributed by atoms with Gasteiger partial charge in [0.2, 0.25) is 0 Å². The van der Waals surface area contributed by atoms with Gasteiger partial charge in [0.05, 0.1) is 24.1 Å². The van der Waals surface area contributed by atoms with Crippen LogP contribution in [0.5, 0.6) is 5.75 Å². The van der Waals surface area contributed by atoms with E-state index in [0.29, 0.717) is 11.8 Å². The number of carbonyl (C=O) groups excluding carboxylic acids is 1. The molecule has 33 heavy (non-hydrogen) atoms. The van der Waals surface area contributed by atoms with Crippen molar-refractivity contribution in [2.45, 2.75) is 39.1 Å². The standard InChI is InChI=1S/C23H22F4N2O3S/c1-22(2,3)32-21(30)29(13-14-8-10-15(31-4)11-9-14)20-28-12-18(33-20)16-6-5-7-17(19(16)24)23(25,26)27/h5-12H,13H2,1-4H3. The van der Waals surface area contributed by atoms with Gasteiger partial charge in [-0.2, -0.15) is 13.2 Å². The van der Waals surface area contributed by atoms with Gasteiger partial charge in [-0.1, -0.05) is 35.6 Å². The number of rotatable bonds is 5. The summed E-state index contributed by atoms with van der Waals surface area (Å²) in [7, 11) is 1.53. The van der Waals surface area contributed by atoms with E-state index in [4.69, 9.17) is 9.47 Å². The van der Waals surface area contributed by atoms with Crippen molar-refractivity contribution in [2.24, 2.45) is 0 Å². The van der Waals surface area contributed by atoms with Crippen LogP contribution in [0, 0.1) is 5.82 Å². The Bertz CT molecular complexity index is 1120. The fourth-order valence-corrected chi connectivity index (χ4v) is 3.82. The van der Waals surface area contributed by atoms with Crippen LogP contribution in [0.25, 0.3) is 10.4 Å². The molecule has 3 rings (SSSR count). The molecule has 0 radical (unpaired) electrons. The van der Waals surface area contributed by atoms with Crippen LogP contribution >= 0.6 is 11.3 Å². The number of nitrogens with zero attached hydrogens (tertiary/aromatic N) is 2. The molecule has 0 bridgehead atoms. The van der Waals surface area contributed by atoms with E-state index in [-0.39, 0.29) is 22.1 Å². The van der Waals surface area contributed by atoms with E-state index in [1.807, 2.05) is 0 Å². The van der Waals surface area contributed by atoms with E-state index >= 15 is 0 Å². The maximum atomic E-state index is 14.6. The molecule has 10 heteroatoms. The smallest absolute Gasteiger partial charge is 0.419 e. The molecule has 2 aromatic carbocycles. The van der Waals surface area contributed by atoms with Crippen LogP contribution in [0.3, 0.4) is 0 Å². The molecule has 0 saturated heterocycles. The molecule has 0 atom stereocenters. The van der Waals surface area contributed by atoms with Crippen LogP contribution in [0.15, 0.2) is 48.7 Å². The van der Waals surface area contributed by atoms with E-state index in [0.717, 1.165) is 23.0 Å². The molecular weight excluding hydrogens is 460 g/mol. The zero-order chi connectivity index (χ0) is 24.4. The zero-order valence-electron chi connectivity index (χ0n) is 18.4. The zero-order valence-corrected chi connectivity index (χ0v) is 19.2. The van der Waals surface area contributed by atoms with Gasteiger partial charge in [0, 0.05) is 11.8 Å². The predicted octanol–water partition coefficient (Wildman–Crippen LogP) is 6.92. The highest BCUT2D eigenvalue weighted by molar-refractivity contribution is 7.19. The molecule has 0 fully saturated rings. The van der Waals surface area contributed by atoms with Gasteiger partial charge in [0.1, 0.15) is 17.2 Å². The first-order valence-corrected chi connectivity index (χ1v) is 10.7. The number of ether oxygens (including phenoxy) is 2. The van der Waals surface area contributed by atoms with E-state index in [9.17, 15) is 22.4 Å². The highest BCUT2D eigenvalue weighted by Gasteiger charge is 2.35. The van der Waals surface area contributed by atoms with Crippen LogP contribution in [-0.2, 0) is 17.5 Å². The largest absolute Gasteiger partial charge is 0.497 e. The minimum absolute atomic E-state index is 0.0803. The number of hydrogen-bond acceptors (Lipinski definition) is 5.